The van der Waals surface area contributed by atoms with Crippen LogP contribution in [0.5, 0.6) is 5.75 Å². The molecule has 1 aromatic carbocycles. The molecule has 0 aliphatic heterocycles. The van der Waals surface area contributed by atoms with Crippen LogP contribution in [-0.2, 0) is 19.7 Å². The molecule has 9 nitrogen and oxygen atoms in total. The number of primary amides is 1. The second kappa shape index (κ2) is 6.91. The van der Waals surface area contributed by atoms with Crippen LogP contribution < -0.4 is 10.5 Å². The van der Waals surface area contributed by atoms with Gasteiger partial charge in [0.15, 0.2) is 23.8 Å². The SMILES string of the molecule is COc1ccc(-c2cccc(C#N)c2)n2nc(C3(C(=O)OCC(N)=O)CC3)nc12. The number of amides is 1. The van der Waals surface area contributed by atoms with Crippen LogP contribution in [0.3, 0.4) is 0 Å². The molecule has 146 valence electrons. The second-order valence-corrected chi connectivity index (χ2v) is 6.77. The number of nitrogens with zero attached hydrogens (tertiary/aromatic N) is 4. The van der Waals surface area contributed by atoms with Crippen molar-refractivity contribution in [2.45, 2.75) is 18.3 Å². The quantitative estimate of drug-likeness (QED) is 0.627. The summed E-state index contributed by atoms with van der Waals surface area (Å²) in [6, 6.07) is 12.8. The number of benzene rings is 1. The normalized spacial score (nSPS) is 14.2. The maximum atomic E-state index is 12.5. The first kappa shape index (κ1) is 18.4. The van der Waals surface area contributed by atoms with Crippen molar-refractivity contribution in [2.75, 3.05) is 13.7 Å². The van der Waals surface area contributed by atoms with Crippen molar-refractivity contribution in [3.63, 3.8) is 0 Å². The molecular formula is C20H17N5O4. The first-order valence-electron chi connectivity index (χ1n) is 8.89. The molecule has 2 aromatic heterocycles. The molecule has 2 N–H and O–H groups in total. The van der Waals surface area contributed by atoms with Gasteiger partial charge in [-0.05, 0) is 37.1 Å². The number of carbonyl (C=O) groups is 2. The lowest BCUT2D eigenvalue weighted by Crippen LogP contribution is -2.29. The van der Waals surface area contributed by atoms with Gasteiger partial charge in [0.25, 0.3) is 5.91 Å². The topological polar surface area (TPSA) is 133 Å². The van der Waals surface area contributed by atoms with E-state index in [1.165, 1.54) is 7.11 Å². The van der Waals surface area contributed by atoms with Gasteiger partial charge in [-0.2, -0.15) is 5.26 Å². The Hall–Kier alpha value is -3.93. The Morgan fingerprint density at radius 2 is 2.10 bits per heavy atom. The van der Waals surface area contributed by atoms with E-state index in [-0.39, 0.29) is 0 Å². The van der Waals surface area contributed by atoms with Crippen LogP contribution in [0.15, 0.2) is 36.4 Å². The number of nitrogens with two attached hydrogens (primary N) is 1. The number of aromatic nitrogens is 3. The van der Waals surface area contributed by atoms with Crippen molar-refractivity contribution in [2.24, 2.45) is 5.73 Å². The van der Waals surface area contributed by atoms with Crippen LogP contribution in [-0.4, -0.2) is 40.2 Å². The van der Waals surface area contributed by atoms with Gasteiger partial charge in [-0.25, -0.2) is 9.50 Å². The highest BCUT2D eigenvalue weighted by atomic mass is 16.5. The average Bonchev–Trinajstić information content (AvgIpc) is 3.43. The van der Waals surface area contributed by atoms with Gasteiger partial charge in [-0.1, -0.05) is 12.1 Å². The van der Waals surface area contributed by atoms with Gasteiger partial charge in [-0.3, -0.25) is 9.59 Å². The zero-order chi connectivity index (χ0) is 20.6. The van der Waals surface area contributed by atoms with E-state index in [0.717, 1.165) is 5.56 Å². The van der Waals surface area contributed by atoms with E-state index in [1.54, 1.807) is 28.8 Å². The molecule has 3 aromatic rings. The fourth-order valence-corrected chi connectivity index (χ4v) is 3.19. The first-order chi connectivity index (χ1) is 14.0. The van der Waals surface area contributed by atoms with Crippen molar-refractivity contribution >= 4 is 17.5 Å². The molecule has 29 heavy (non-hydrogen) atoms. The van der Waals surface area contributed by atoms with E-state index in [4.69, 9.17) is 15.2 Å². The smallest absolute Gasteiger partial charge is 0.320 e. The number of methoxy groups -OCH3 is 1. The molecule has 9 heteroatoms. The van der Waals surface area contributed by atoms with Gasteiger partial charge in [-0.15, -0.1) is 5.10 Å². The summed E-state index contributed by atoms with van der Waals surface area (Å²) in [5, 5.41) is 13.7. The van der Waals surface area contributed by atoms with E-state index >= 15 is 0 Å². The fourth-order valence-electron chi connectivity index (χ4n) is 3.19. The van der Waals surface area contributed by atoms with Crippen LogP contribution in [0.25, 0.3) is 16.9 Å². The maximum absolute atomic E-state index is 12.5. The van der Waals surface area contributed by atoms with Crippen LogP contribution in [0, 0.1) is 11.3 Å². The first-order valence-corrected chi connectivity index (χ1v) is 8.89. The molecule has 1 aliphatic rings. The number of carbonyl (C=O) groups excluding carboxylic acids is 2. The van der Waals surface area contributed by atoms with Crippen molar-refractivity contribution in [3.8, 4) is 23.1 Å². The van der Waals surface area contributed by atoms with Crippen LogP contribution in [0.1, 0.15) is 24.2 Å². The number of ether oxygens (including phenoxy) is 2. The maximum Gasteiger partial charge on any atom is 0.320 e. The summed E-state index contributed by atoms with van der Waals surface area (Å²) >= 11 is 0. The van der Waals surface area contributed by atoms with Crippen molar-refractivity contribution in [1.29, 1.82) is 5.26 Å². The molecule has 4 rings (SSSR count). The van der Waals surface area contributed by atoms with E-state index in [9.17, 15) is 14.9 Å². The van der Waals surface area contributed by atoms with Crippen molar-refractivity contribution < 1.29 is 19.1 Å². The predicted octanol–water partition coefficient (Wildman–Crippen LogP) is 1.34. The average molecular weight is 391 g/mol. The molecule has 0 atom stereocenters. The fraction of sp³-hybridized carbons (Fsp3) is 0.250. The summed E-state index contributed by atoms with van der Waals surface area (Å²) in [6.07, 6.45) is 1.03. The molecule has 0 radical (unpaired) electrons. The number of hydrogen-bond donors (Lipinski definition) is 1. The molecule has 1 amide bonds. The number of esters is 1. The number of pyridine rings is 1. The number of fused-ring (bicyclic) bond motifs is 1. The Morgan fingerprint density at radius 3 is 2.76 bits per heavy atom. The molecule has 1 fully saturated rings. The molecule has 1 saturated carbocycles. The van der Waals surface area contributed by atoms with E-state index in [0.29, 0.717) is 41.3 Å². The van der Waals surface area contributed by atoms with Crippen LogP contribution in [0.4, 0.5) is 0 Å². The third-order valence-electron chi connectivity index (χ3n) is 4.87. The summed E-state index contributed by atoms with van der Waals surface area (Å²) in [6.45, 7) is -0.483. The highest BCUT2D eigenvalue weighted by molar-refractivity contribution is 5.88. The number of hydrogen-bond acceptors (Lipinski definition) is 7. The van der Waals surface area contributed by atoms with Gasteiger partial charge >= 0.3 is 5.97 Å². The van der Waals surface area contributed by atoms with E-state index in [1.807, 2.05) is 12.1 Å². The van der Waals surface area contributed by atoms with Crippen LogP contribution >= 0.6 is 0 Å². The molecule has 0 unspecified atom stereocenters. The lowest BCUT2D eigenvalue weighted by Gasteiger charge is -2.09. The second-order valence-electron chi connectivity index (χ2n) is 6.77. The Labute approximate surface area is 165 Å². The molecule has 2 heterocycles. The standard InChI is InChI=1S/C20H17N5O4/c1-28-15-6-5-14(13-4-2-3-12(9-13)10-21)25-17(15)23-18(24-25)20(7-8-20)19(27)29-11-16(22)26/h2-6,9H,7-8,11H2,1H3,(H2,22,26). The Balaban J connectivity index is 1.81. The van der Waals surface area contributed by atoms with E-state index < -0.39 is 23.9 Å². The molecule has 1 aliphatic carbocycles. The summed E-state index contributed by atoms with van der Waals surface area (Å²) in [7, 11) is 1.52. The number of rotatable bonds is 6. The lowest BCUT2D eigenvalue weighted by molar-refractivity contribution is -0.150. The minimum Gasteiger partial charge on any atom is -0.493 e. The summed E-state index contributed by atoms with van der Waals surface area (Å²) in [4.78, 5) is 28.0. The zero-order valence-corrected chi connectivity index (χ0v) is 15.6. The summed E-state index contributed by atoms with van der Waals surface area (Å²) < 4.78 is 12.0. The highest BCUT2D eigenvalue weighted by Gasteiger charge is 2.56. The third-order valence-corrected chi connectivity index (χ3v) is 4.87. The largest absolute Gasteiger partial charge is 0.493 e. The third kappa shape index (κ3) is 3.14. The van der Waals surface area contributed by atoms with Gasteiger partial charge in [0, 0.05) is 5.56 Å². The predicted molar refractivity (Wildman–Crippen MR) is 101 cm³/mol. The molecule has 0 saturated heterocycles. The van der Waals surface area contributed by atoms with Gasteiger partial charge in [0.2, 0.25) is 0 Å². The minimum atomic E-state index is -0.988. The Kier molecular flexibility index (Phi) is 4.39. The zero-order valence-electron chi connectivity index (χ0n) is 15.6. The number of nitriles is 1. The molecule has 0 bridgehead atoms. The Morgan fingerprint density at radius 1 is 1.31 bits per heavy atom. The highest BCUT2D eigenvalue weighted by Crippen LogP contribution is 2.48. The summed E-state index contributed by atoms with van der Waals surface area (Å²) in [5.74, 6) is -0.503. The van der Waals surface area contributed by atoms with Crippen molar-refractivity contribution in [1.82, 2.24) is 14.6 Å². The Bertz CT molecular complexity index is 1170. The van der Waals surface area contributed by atoms with E-state index in [2.05, 4.69) is 16.2 Å². The van der Waals surface area contributed by atoms with Crippen LogP contribution in [0.2, 0.25) is 0 Å². The van der Waals surface area contributed by atoms with Crippen molar-refractivity contribution in [3.05, 3.63) is 47.8 Å². The summed E-state index contributed by atoms with van der Waals surface area (Å²) in [5.41, 5.74) is 6.49. The van der Waals surface area contributed by atoms with Gasteiger partial charge < -0.3 is 15.2 Å². The molecule has 0 spiro atoms. The minimum absolute atomic E-state index is 0.300. The van der Waals surface area contributed by atoms with Gasteiger partial charge in [0.05, 0.1) is 24.4 Å². The monoisotopic (exact) mass is 391 g/mol. The lowest BCUT2D eigenvalue weighted by atomic mass is 10.1. The molecular weight excluding hydrogens is 374 g/mol. The van der Waals surface area contributed by atoms with Gasteiger partial charge in [0.1, 0.15) is 5.41 Å².